The van der Waals surface area contributed by atoms with Gasteiger partial charge in [-0.15, -0.1) is 0 Å². The van der Waals surface area contributed by atoms with Crippen molar-refractivity contribution in [3.05, 3.63) is 18.0 Å². The Hall–Kier alpha value is -1.74. The Labute approximate surface area is 141 Å². The van der Waals surface area contributed by atoms with Crippen molar-refractivity contribution in [3.8, 4) is 6.01 Å². The molecule has 9 heteroatoms. The zero-order valence-electron chi connectivity index (χ0n) is 13.8. The van der Waals surface area contributed by atoms with E-state index in [0.29, 0.717) is 6.42 Å². The van der Waals surface area contributed by atoms with Gasteiger partial charge < -0.3 is 14.4 Å². The number of ether oxygens (including phenoxy) is 2. The molecule has 1 aromatic heterocycles. The van der Waals surface area contributed by atoms with Crippen LogP contribution in [0, 0.1) is 12.8 Å². The number of likely N-dealkylation sites (tertiary alicyclic amines) is 1. The average molecular weight is 355 g/mol. The lowest BCUT2D eigenvalue weighted by atomic mass is 9.83. The van der Waals surface area contributed by atoms with Crippen molar-refractivity contribution in [2.45, 2.75) is 18.1 Å². The van der Waals surface area contributed by atoms with Crippen LogP contribution in [0.2, 0.25) is 0 Å². The van der Waals surface area contributed by atoms with Gasteiger partial charge in [0.25, 0.3) is 0 Å². The van der Waals surface area contributed by atoms with Crippen LogP contribution in [-0.4, -0.2) is 73.1 Å². The normalized spacial score (nSPS) is 23.9. The van der Waals surface area contributed by atoms with E-state index in [0.717, 1.165) is 5.69 Å². The number of amides is 1. The van der Waals surface area contributed by atoms with Crippen LogP contribution in [0.25, 0.3) is 0 Å². The number of carbonyl (C=O) groups is 1. The van der Waals surface area contributed by atoms with Gasteiger partial charge in [0, 0.05) is 38.0 Å². The third-order valence-electron chi connectivity index (χ3n) is 4.82. The van der Waals surface area contributed by atoms with E-state index >= 15 is 0 Å². The van der Waals surface area contributed by atoms with Gasteiger partial charge >= 0.3 is 6.01 Å². The van der Waals surface area contributed by atoms with E-state index in [1.165, 1.54) is 12.0 Å². The molecule has 2 aliphatic heterocycles. The molecule has 0 bridgehead atoms. The smallest absolute Gasteiger partial charge is 0.316 e. The van der Waals surface area contributed by atoms with Gasteiger partial charge in [-0.1, -0.05) is 0 Å². The number of aromatic nitrogens is 2. The predicted octanol–water partition coefficient (Wildman–Crippen LogP) is -0.174. The zero-order valence-corrected chi connectivity index (χ0v) is 14.6. The fraction of sp³-hybridized carbons (Fsp3) is 0.667. The van der Waals surface area contributed by atoms with Crippen molar-refractivity contribution in [2.75, 3.05) is 39.2 Å². The number of nitrogens with zero attached hydrogens (tertiary/aromatic N) is 3. The Morgan fingerprint density at radius 1 is 1.46 bits per heavy atom. The largest absolute Gasteiger partial charge is 0.463 e. The van der Waals surface area contributed by atoms with Crippen LogP contribution in [-0.2, 0) is 19.4 Å². The highest BCUT2D eigenvalue weighted by Crippen LogP contribution is 2.44. The molecule has 2 aliphatic rings. The lowest BCUT2D eigenvalue weighted by Gasteiger charge is -2.49. The summed E-state index contributed by atoms with van der Waals surface area (Å²) in [7, 11) is -1.81. The molecule has 0 radical (unpaired) electrons. The molecule has 0 aliphatic carbocycles. The first-order chi connectivity index (χ1) is 11.4. The Kier molecular flexibility index (Phi) is 4.48. The molecule has 2 saturated heterocycles. The van der Waals surface area contributed by atoms with Crippen LogP contribution in [0.3, 0.4) is 0 Å². The molecule has 0 unspecified atom stereocenters. The van der Waals surface area contributed by atoms with Gasteiger partial charge in [0.2, 0.25) is 5.91 Å². The highest BCUT2D eigenvalue weighted by atomic mass is 32.2. The van der Waals surface area contributed by atoms with E-state index in [9.17, 15) is 13.2 Å². The summed E-state index contributed by atoms with van der Waals surface area (Å²) in [5, 5.41) is 0. The Balaban J connectivity index is 1.68. The molecule has 8 nitrogen and oxygen atoms in total. The zero-order chi connectivity index (χ0) is 17.4. The first kappa shape index (κ1) is 17.1. The minimum Gasteiger partial charge on any atom is -0.463 e. The monoisotopic (exact) mass is 355 g/mol. The number of rotatable bonds is 5. The van der Waals surface area contributed by atoms with Gasteiger partial charge in [0.1, 0.15) is 11.4 Å². The van der Waals surface area contributed by atoms with Gasteiger partial charge in [-0.3, -0.25) is 4.79 Å². The third-order valence-corrected chi connectivity index (χ3v) is 7.43. The molecule has 1 amide bonds. The SMILES string of the molecule is COCC(=O)N1CC2(C1)[C@@H](COc1nccc(C)n1)CCS2(=O)=O. The maximum Gasteiger partial charge on any atom is 0.316 e. The fourth-order valence-electron chi connectivity index (χ4n) is 3.37. The van der Waals surface area contributed by atoms with Gasteiger partial charge in [0.05, 0.1) is 12.4 Å². The van der Waals surface area contributed by atoms with Gasteiger partial charge in [-0.2, -0.15) is 0 Å². The number of hydrogen-bond donors (Lipinski definition) is 0. The molecular formula is C15H21N3O5S. The van der Waals surface area contributed by atoms with Crippen molar-refractivity contribution in [3.63, 3.8) is 0 Å². The molecule has 24 heavy (non-hydrogen) atoms. The van der Waals surface area contributed by atoms with Gasteiger partial charge in [-0.25, -0.2) is 18.4 Å². The topological polar surface area (TPSA) is 98.7 Å². The summed E-state index contributed by atoms with van der Waals surface area (Å²) >= 11 is 0. The third kappa shape index (κ3) is 2.86. The lowest BCUT2D eigenvalue weighted by Crippen LogP contribution is -2.69. The molecule has 3 rings (SSSR count). The number of carbonyl (C=O) groups excluding carboxylic acids is 1. The van der Waals surface area contributed by atoms with Gasteiger partial charge in [-0.05, 0) is 19.4 Å². The molecule has 0 aromatic carbocycles. The van der Waals surface area contributed by atoms with Crippen molar-refractivity contribution >= 4 is 15.7 Å². The highest BCUT2D eigenvalue weighted by molar-refractivity contribution is 7.93. The standard InChI is InChI=1S/C15H21N3O5S/c1-11-3-5-16-14(17-11)23-7-12-4-6-24(20,21)15(12)9-18(10-15)13(19)8-22-2/h3,5,12H,4,6-10H2,1-2H3/t12-/m1/s1. The first-order valence-electron chi connectivity index (χ1n) is 7.79. The van der Waals surface area contributed by atoms with Crippen LogP contribution in [0.5, 0.6) is 6.01 Å². The average Bonchev–Trinajstić information content (AvgIpc) is 2.74. The number of aryl methyl sites for hydroxylation is 1. The molecule has 1 spiro atoms. The minimum absolute atomic E-state index is 0.0333. The second kappa shape index (κ2) is 6.29. The Bertz CT molecular complexity index is 730. The second-order valence-electron chi connectivity index (χ2n) is 6.34. The summed E-state index contributed by atoms with van der Waals surface area (Å²) in [6.45, 7) is 2.45. The van der Waals surface area contributed by atoms with Crippen LogP contribution in [0.1, 0.15) is 12.1 Å². The maximum atomic E-state index is 12.5. The van der Waals surface area contributed by atoms with Crippen LogP contribution < -0.4 is 4.74 Å². The predicted molar refractivity (Wildman–Crippen MR) is 85.3 cm³/mol. The summed E-state index contributed by atoms with van der Waals surface area (Å²) in [4.78, 5) is 21.6. The van der Waals surface area contributed by atoms with Crippen molar-refractivity contribution < 1.29 is 22.7 Å². The number of methoxy groups -OCH3 is 1. The van der Waals surface area contributed by atoms with Crippen LogP contribution in [0.15, 0.2) is 12.3 Å². The molecule has 2 fully saturated rings. The van der Waals surface area contributed by atoms with E-state index in [4.69, 9.17) is 9.47 Å². The van der Waals surface area contributed by atoms with E-state index in [-0.39, 0.29) is 49.9 Å². The number of hydrogen-bond acceptors (Lipinski definition) is 7. The molecule has 1 aromatic rings. The van der Waals surface area contributed by atoms with Crippen LogP contribution >= 0.6 is 0 Å². The summed E-state index contributed by atoms with van der Waals surface area (Å²) < 4.78 is 34.6. The second-order valence-corrected chi connectivity index (χ2v) is 8.79. The first-order valence-corrected chi connectivity index (χ1v) is 9.45. The maximum absolute atomic E-state index is 12.5. The summed E-state index contributed by atoms with van der Waals surface area (Å²) in [5.41, 5.74) is 0.786. The van der Waals surface area contributed by atoms with Crippen LogP contribution in [0.4, 0.5) is 0 Å². The van der Waals surface area contributed by atoms with E-state index < -0.39 is 14.6 Å². The van der Waals surface area contributed by atoms with Crippen molar-refractivity contribution in [2.24, 2.45) is 5.92 Å². The minimum atomic E-state index is -3.25. The fourth-order valence-corrected chi connectivity index (χ4v) is 5.77. The summed E-state index contributed by atoms with van der Waals surface area (Å²) in [6.07, 6.45) is 2.13. The molecule has 0 N–H and O–H groups in total. The Morgan fingerprint density at radius 3 is 2.88 bits per heavy atom. The van der Waals surface area contributed by atoms with Crippen molar-refractivity contribution in [1.82, 2.24) is 14.9 Å². The van der Waals surface area contributed by atoms with E-state index in [1.54, 1.807) is 12.3 Å². The van der Waals surface area contributed by atoms with E-state index in [1.807, 2.05) is 6.92 Å². The van der Waals surface area contributed by atoms with E-state index in [2.05, 4.69) is 9.97 Å². The highest BCUT2D eigenvalue weighted by Gasteiger charge is 2.62. The van der Waals surface area contributed by atoms with Gasteiger partial charge in [0.15, 0.2) is 9.84 Å². The summed E-state index contributed by atoms with van der Waals surface area (Å²) in [5.74, 6) is -0.229. The molecule has 132 valence electrons. The lowest BCUT2D eigenvalue weighted by molar-refractivity contribution is -0.141. The summed E-state index contributed by atoms with van der Waals surface area (Å²) in [6, 6.07) is 2.01. The molecule has 1 atom stereocenters. The molecule has 3 heterocycles. The molecular weight excluding hydrogens is 334 g/mol. The quantitative estimate of drug-likeness (QED) is 0.723. The van der Waals surface area contributed by atoms with Crippen molar-refractivity contribution in [1.29, 1.82) is 0 Å². The Morgan fingerprint density at radius 2 is 2.21 bits per heavy atom. The number of sulfone groups is 1. The molecule has 0 saturated carbocycles.